The van der Waals surface area contributed by atoms with Crippen LogP contribution in [-0.4, -0.2) is 29.0 Å². The van der Waals surface area contributed by atoms with Crippen molar-refractivity contribution in [3.63, 3.8) is 0 Å². The Morgan fingerprint density at radius 3 is 2.47 bits per heavy atom. The summed E-state index contributed by atoms with van der Waals surface area (Å²) >= 11 is 0. The summed E-state index contributed by atoms with van der Waals surface area (Å²) in [5, 5.41) is 3.37. The third-order valence-electron chi connectivity index (χ3n) is 5.21. The third-order valence-corrected chi connectivity index (χ3v) is 5.21. The number of nitrogens with two attached hydrogens (primary N) is 1. The molecule has 0 aliphatic heterocycles. The molecular weight excluding hydrogens is 414 g/mol. The number of benzene rings is 1. The van der Waals surface area contributed by atoms with Gasteiger partial charge in [0, 0.05) is 11.5 Å². The van der Waals surface area contributed by atoms with Gasteiger partial charge in [-0.25, -0.2) is 4.79 Å². The number of ether oxygens (including phenoxy) is 1. The van der Waals surface area contributed by atoms with Crippen molar-refractivity contribution < 1.29 is 23.5 Å². The zero-order valence-corrected chi connectivity index (χ0v) is 18.4. The zero-order chi connectivity index (χ0) is 23.6. The molecule has 2 amide bonds. The molecule has 0 aliphatic carbocycles. The van der Waals surface area contributed by atoms with Crippen LogP contribution in [0.5, 0.6) is 0 Å². The minimum absolute atomic E-state index is 0.0820. The van der Waals surface area contributed by atoms with E-state index in [0.717, 1.165) is 10.9 Å². The van der Waals surface area contributed by atoms with Gasteiger partial charge in [0.1, 0.15) is 22.9 Å². The fourth-order valence-electron chi connectivity index (χ4n) is 3.79. The first kappa shape index (κ1) is 22.8. The van der Waals surface area contributed by atoms with Gasteiger partial charge in [-0.15, -0.1) is 0 Å². The SMILES string of the molecule is CCOC(=O)c1c(C)oc(NC(=O)C(CC)n2c(=O)cc(C)c3ccccc32)c1C(N)=O. The Morgan fingerprint density at radius 2 is 1.84 bits per heavy atom. The van der Waals surface area contributed by atoms with Crippen LogP contribution in [0.15, 0.2) is 39.5 Å². The van der Waals surface area contributed by atoms with Gasteiger partial charge in [0.2, 0.25) is 11.8 Å². The smallest absolute Gasteiger partial charge is 0.342 e. The largest absolute Gasteiger partial charge is 0.462 e. The highest BCUT2D eigenvalue weighted by atomic mass is 16.5. The zero-order valence-electron chi connectivity index (χ0n) is 18.4. The molecule has 3 N–H and O–H groups in total. The average Bonchev–Trinajstić information content (AvgIpc) is 3.07. The van der Waals surface area contributed by atoms with Crippen LogP contribution in [0.1, 0.15) is 58.3 Å². The maximum absolute atomic E-state index is 13.2. The molecule has 168 valence electrons. The van der Waals surface area contributed by atoms with E-state index >= 15 is 0 Å². The molecule has 9 nitrogen and oxygen atoms in total. The number of esters is 1. The highest BCUT2D eigenvalue weighted by Gasteiger charge is 2.31. The first-order chi connectivity index (χ1) is 15.2. The number of rotatable bonds is 7. The number of carbonyl (C=O) groups excluding carboxylic acids is 3. The highest BCUT2D eigenvalue weighted by molar-refractivity contribution is 6.10. The van der Waals surface area contributed by atoms with E-state index in [1.54, 1.807) is 26.0 Å². The van der Waals surface area contributed by atoms with Crippen LogP contribution >= 0.6 is 0 Å². The molecule has 0 saturated heterocycles. The molecule has 2 aromatic heterocycles. The van der Waals surface area contributed by atoms with Gasteiger partial charge in [0.15, 0.2) is 0 Å². The monoisotopic (exact) mass is 439 g/mol. The first-order valence-electron chi connectivity index (χ1n) is 10.2. The normalized spacial score (nSPS) is 11.9. The van der Waals surface area contributed by atoms with Gasteiger partial charge in [-0.2, -0.15) is 0 Å². The van der Waals surface area contributed by atoms with Crippen LogP contribution in [0.25, 0.3) is 10.9 Å². The quantitative estimate of drug-likeness (QED) is 0.544. The minimum Gasteiger partial charge on any atom is -0.462 e. The van der Waals surface area contributed by atoms with Gasteiger partial charge in [-0.1, -0.05) is 25.1 Å². The van der Waals surface area contributed by atoms with Crippen LogP contribution in [0.4, 0.5) is 5.88 Å². The number of aryl methyl sites for hydroxylation is 2. The Kier molecular flexibility index (Phi) is 6.47. The van der Waals surface area contributed by atoms with E-state index in [-0.39, 0.29) is 41.4 Å². The predicted octanol–water partition coefficient (Wildman–Crippen LogP) is 3.08. The fourth-order valence-corrected chi connectivity index (χ4v) is 3.79. The van der Waals surface area contributed by atoms with E-state index in [1.807, 2.05) is 19.1 Å². The Labute approximate surface area is 184 Å². The van der Waals surface area contributed by atoms with Crippen molar-refractivity contribution in [2.45, 2.75) is 40.2 Å². The van der Waals surface area contributed by atoms with Crippen LogP contribution < -0.4 is 16.6 Å². The summed E-state index contributed by atoms with van der Waals surface area (Å²) in [6.45, 7) is 6.76. The second-order valence-corrected chi connectivity index (χ2v) is 7.29. The Balaban J connectivity index is 2.07. The summed E-state index contributed by atoms with van der Waals surface area (Å²) in [6.07, 6.45) is 0.287. The second-order valence-electron chi connectivity index (χ2n) is 7.29. The molecule has 1 aromatic carbocycles. The summed E-state index contributed by atoms with van der Waals surface area (Å²) in [7, 11) is 0. The van der Waals surface area contributed by atoms with Crippen molar-refractivity contribution in [3.05, 3.63) is 63.1 Å². The van der Waals surface area contributed by atoms with Gasteiger partial charge in [-0.3, -0.25) is 24.3 Å². The van der Waals surface area contributed by atoms with Crippen molar-refractivity contribution in [2.75, 3.05) is 11.9 Å². The first-order valence-corrected chi connectivity index (χ1v) is 10.2. The van der Waals surface area contributed by atoms with E-state index in [9.17, 15) is 19.2 Å². The van der Waals surface area contributed by atoms with Gasteiger partial charge in [0.05, 0.1) is 12.1 Å². The number of fused-ring (bicyclic) bond motifs is 1. The summed E-state index contributed by atoms with van der Waals surface area (Å²) in [5.41, 5.74) is 6.13. The Morgan fingerprint density at radius 1 is 1.16 bits per heavy atom. The minimum atomic E-state index is -0.953. The molecular formula is C23H25N3O6. The molecule has 3 rings (SSSR count). The van der Waals surface area contributed by atoms with Crippen LogP contribution in [0, 0.1) is 13.8 Å². The number of pyridine rings is 1. The molecule has 1 atom stereocenters. The molecule has 32 heavy (non-hydrogen) atoms. The molecule has 0 spiro atoms. The molecule has 0 saturated carbocycles. The summed E-state index contributed by atoms with van der Waals surface area (Å²) in [5.74, 6) is -2.50. The van der Waals surface area contributed by atoms with E-state index in [1.165, 1.54) is 17.6 Å². The molecule has 3 aromatic rings. The van der Waals surface area contributed by atoms with Crippen LogP contribution in [0.3, 0.4) is 0 Å². The lowest BCUT2D eigenvalue weighted by Gasteiger charge is -2.20. The van der Waals surface area contributed by atoms with E-state index in [0.29, 0.717) is 5.52 Å². The number of nitrogens with zero attached hydrogens (tertiary/aromatic N) is 1. The number of nitrogens with one attached hydrogen (secondary N) is 1. The van der Waals surface area contributed by atoms with Crippen LogP contribution in [-0.2, 0) is 9.53 Å². The summed E-state index contributed by atoms with van der Waals surface area (Å²) < 4.78 is 11.9. The van der Waals surface area contributed by atoms with Gasteiger partial charge in [0.25, 0.3) is 11.5 Å². The lowest BCUT2D eigenvalue weighted by atomic mass is 10.1. The lowest BCUT2D eigenvalue weighted by Crippen LogP contribution is -2.33. The molecule has 9 heteroatoms. The maximum Gasteiger partial charge on any atom is 0.342 e. The topological polar surface area (TPSA) is 134 Å². The van der Waals surface area contributed by atoms with Crippen LogP contribution in [0.2, 0.25) is 0 Å². The number of amides is 2. The summed E-state index contributed by atoms with van der Waals surface area (Å²) in [4.78, 5) is 50.4. The second kappa shape index (κ2) is 9.09. The number of hydrogen-bond acceptors (Lipinski definition) is 6. The van der Waals surface area contributed by atoms with Gasteiger partial charge < -0.3 is 14.9 Å². The van der Waals surface area contributed by atoms with Gasteiger partial charge in [-0.05, 0) is 38.8 Å². The molecule has 0 fully saturated rings. The molecule has 0 bridgehead atoms. The number of para-hydroxylation sites is 1. The number of aromatic nitrogens is 1. The van der Waals surface area contributed by atoms with Crippen molar-refractivity contribution in [1.82, 2.24) is 4.57 Å². The number of anilines is 1. The predicted molar refractivity (Wildman–Crippen MR) is 119 cm³/mol. The maximum atomic E-state index is 13.2. The Bertz CT molecular complexity index is 1270. The number of primary amides is 1. The van der Waals surface area contributed by atoms with Crippen molar-refractivity contribution in [3.8, 4) is 0 Å². The molecule has 2 heterocycles. The highest BCUT2D eigenvalue weighted by Crippen LogP contribution is 2.29. The van der Waals surface area contributed by atoms with Crippen molar-refractivity contribution >= 4 is 34.6 Å². The van der Waals surface area contributed by atoms with Crippen molar-refractivity contribution in [1.29, 1.82) is 0 Å². The lowest BCUT2D eigenvalue weighted by molar-refractivity contribution is -0.119. The molecule has 1 unspecified atom stereocenters. The fraction of sp³-hybridized carbons (Fsp3) is 0.304. The van der Waals surface area contributed by atoms with Gasteiger partial charge >= 0.3 is 5.97 Å². The number of furan rings is 1. The Hall–Kier alpha value is -3.88. The molecule has 0 aliphatic rings. The van der Waals surface area contributed by atoms with E-state index < -0.39 is 23.8 Å². The number of hydrogen-bond donors (Lipinski definition) is 2. The van der Waals surface area contributed by atoms with Crippen molar-refractivity contribution in [2.24, 2.45) is 5.73 Å². The summed E-state index contributed by atoms with van der Waals surface area (Å²) in [6, 6.07) is 7.86. The molecule has 0 radical (unpaired) electrons. The third kappa shape index (κ3) is 4.01. The average molecular weight is 439 g/mol. The van der Waals surface area contributed by atoms with E-state index in [2.05, 4.69) is 5.32 Å². The van der Waals surface area contributed by atoms with E-state index in [4.69, 9.17) is 14.9 Å². The standard InChI is InChI=1S/C23H25N3O6/c1-5-15(26-16-10-8-7-9-14(16)12(3)11-17(26)27)21(29)25-22-19(20(24)28)18(13(4)32-22)23(30)31-6-2/h7-11,15H,5-6H2,1-4H3,(H2,24,28)(H,25,29). The number of carbonyl (C=O) groups is 3.